The van der Waals surface area contributed by atoms with Gasteiger partial charge in [0.1, 0.15) is 0 Å². The molecule has 1 aromatic heterocycles. The highest BCUT2D eigenvalue weighted by molar-refractivity contribution is 9.10. The largest absolute Gasteiger partial charge is 0.317 e. The number of hydrogen-bond donors (Lipinski definition) is 2. The molecule has 4 heteroatoms. The third-order valence-electron chi connectivity index (χ3n) is 2.58. The van der Waals surface area contributed by atoms with E-state index in [1.54, 1.807) is 0 Å². The maximum atomic E-state index is 3.61. The second-order valence-corrected chi connectivity index (χ2v) is 5.45. The molecule has 1 aromatic rings. The van der Waals surface area contributed by atoms with Gasteiger partial charge in [-0.25, -0.2) is 0 Å². The van der Waals surface area contributed by atoms with Crippen molar-refractivity contribution in [1.29, 1.82) is 0 Å². The molecule has 14 heavy (non-hydrogen) atoms. The normalized spacial score (nSPS) is 18.6. The van der Waals surface area contributed by atoms with Gasteiger partial charge in [0.05, 0.1) is 0 Å². The summed E-state index contributed by atoms with van der Waals surface area (Å²) in [5, 5.41) is 9.11. The quantitative estimate of drug-likeness (QED) is 0.885. The van der Waals surface area contributed by atoms with Crippen molar-refractivity contribution in [3.05, 3.63) is 20.8 Å². The lowest BCUT2D eigenvalue weighted by molar-refractivity contribution is 0.387. The van der Waals surface area contributed by atoms with E-state index in [2.05, 4.69) is 38.0 Å². The summed E-state index contributed by atoms with van der Waals surface area (Å²) in [5.74, 6) is 0. The van der Waals surface area contributed by atoms with Crippen LogP contribution in [0, 0.1) is 0 Å². The first-order valence-corrected chi connectivity index (χ1v) is 6.69. The summed E-state index contributed by atoms with van der Waals surface area (Å²) < 4.78 is 1.24. The van der Waals surface area contributed by atoms with Crippen molar-refractivity contribution in [3.8, 4) is 0 Å². The first-order chi connectivity index (χ1) is 6.86. The highest BCUT2D eigenvalue weighted by atomic mass is 79.9. The molecule has 0 aromatic carbocycles. The Hall–Kier alpha value is 0.1000. The average molecular weight is 275 g/mol. The molecular weight excluding hydrogens is 260 g/mol. The Morgan fingerprint density at radius 3 is 2.93 bits per heavy atom. The van der Waals surface area contributed by atoms with Crippen molar-refractivity contribution in [2.24, 2.45) is 0 Å². The summed E-state index contributed by atoms with van der Waals surface area (Å²) in [6.07, 6.45) is 2.51. The Morgan fingerprint density at radius 2 is 2.29 bits per heavy atom. The smallest absolute Gasteiger partial charge is 0.0327 e. The first kappa shape index (κ1) is 10.6. The molecule has 0 spiro atoms. The molecule has 1 aliphatic rings. The maximum Gasteiger partial charge on any atom is 0.0327 e. The second-order valence-electron chi connectivity index (χ2n) is 3.60. The van der Waals surface area contributed by atoms with Gasteiger partial charge in [0, 0.05) is 21.9 Å². The van der Waals surface area contributed by atoms with Crippen molar-refractivity contribution in [3.63, 3.8) is 0 Å². The van der Waals surface area contributed by atoms with E-state index in [1.807, 2.05) is 11.3 Å². The molecular formula is C10H15BrN2S. The summed E-state index contributed by atoms with van der Waals surface area (Å²) in [4.78, 5) is 1.41. The van der Waals surface area contributed by atoms with Crippen molar-refractivity contribution in [2.75, 3.05) is 13.1 Å². The lowest BCUT2D eigenvalue weighted by Crippen LogP contribution is -2.39. The third kappa shape index (κ3) is 2.79. The molecule has 1 saturated heterocycles. The monoisotopic (exact) mass is 274 g/mol. The van der Waals surface area contributed by atoms with E-state index in [4.69, 9.17) is 0 Å². The Morgan fingerprint density at radius 1 is 1.50 bits per heavy atom. The third-order valence-corrected chi connectivity index (χ3v) is 4.51. The Balaban J connectivity index is 1.79. The highest BCUT2D eigenvalue weighted by Crippen LogP contribution is 2.22. The number of halogens is 1. The summed E-state index contributed by atoms with van der Waals surface area (Å²) in [6.45, 7) is 3.31. The number of rotatable bonds is 3. The van der Waals surface area contributed by atoms with E-state index in [9.17, 15) is 0 Å². The second kappa shape index (κ2) is 5.26. The first-order valence-electron chi connectivity index (χ1n) is 5.02. The van der Waals surface area contributed by atoms with E-state index in [1.165, 1.54) is 22.2 Å². The number of hydrogen-bond acceptors (Lipinski definition) is 3. The van der Waals surface area contributed by atoms with Gasteiger partial charge in [-0.1, -0.05) is 0 Å². The molecule has 1 aliphatic heterocycles. The summed E-state index contributed by atoms with van der Waals surface area (Å²) in [5.41, 5.74) is 0. The topological polar surface area (TPSA) is 24.1 Å². The van der Waals surface area contributed by atoms with E-state index in [0.29, 0.717) is 6.04 Å². The van der Waals surface area contributed by atoms with Crippen LogP contribution in [0.4, 0.5) is 0 Å². The van der Waals surface area contributed by atoms with Crippen LogP contribution in [0.2, 0.25) is 0 Å². The van der Waals surface area contributed by atoms with Crippen LogP contribution >= 0.6 is 27.3 Å². The fourth-order valence-corrected chi connectivity index (χ4v) is 3.16. The predicted octanol–water partition coefficient (Wildman–Crippen LogP) is 2.35. The molecule has 2 nitrogen and oxygen atoms in total. The van der Waals surface area contributed by atoms with Gasteiger partial charge in [0.25, 0.3) is 0 Å². The SMILES string of the molecule is Brc1ccsc1CNC1CCNCC1. The lowest BCUT2D eigenvalue weighted by Gasteiger charge is -2.23. The Bertz CT molecular complexity index is 281. The van der Waals surface area contributed by atoms with E-state index in [-0.39, 0.29) is 0 Å². The number of nitrogens with one attached hydrogen (secondary N) is 2. The standard InChI is InChI=1S/C10H15BrN2S/c11-9-3-6-14-10(9)7-13-8-1-4-12-5-2-8/h3,6,8,12-13H,1-2,4-5,7H2. The number of thiophene rings is 1. The van der Waals surface area contributed by atoms with Crippen LogP contribution in [0.15, 0.2) is 15.9 Å². The van der Waals surface area contributed by atoms with Gasteiger partial charge in [-0.3, -0.25) is 0 Å². The molecule has 78 valence electrons. The van der Waals surface area contributed by atoms with Crippen LogP contribution in [0.25, 0.3) is 0 Å². The minimum absolute atomic E-state index is 0.699. The van der Waals surface area contributed by atoms with Gasteiger partial charge in [-0.15, -0.1) is 11.3 Å². The van der Waals surface area contributed by atoms with Crippen LogP contribution in [0.3, 0.4) is 0 Å². The van der Waals surface area contributed by atoms with E-state index in [0.717, 1.165) is 19.6 Å². The van der Waals surface area contributed by atoms with Gasteiger partial charge in [-0.05, 0) is 53.3 Å². The Kier molecular flexibility index (Phi) is 3.99. The molecule has 0 unspecified atom stereocenters. The summed E-state index contributed by atoms with van der Waals surface area (Å²) in [7, 11) is 0. The van der Waals surface area contributed by atoms with Gasteiger partial charge in [0.15, 0.2) is 0 Å². The zero-order valence-electron chi connectivity index (χ0n) is 8.05. The average Bonchev–Trinajstić information content (AvgIpc) is 2.63. The molecule has 0 bridgehead atoms. The van der Waals surface area contributed by atoms with E-state index < -0.39 is 0 Å². The summed E-state index contributed by atoms with van der Waals surface area (Å²) in [6, 6.07) is 2.81. The molecule has 0 radical (unpaired) electrons. The van der Waals surface area contributed by atoms with Crippen LogP contribution in [0.1, 0.15) is 17.7 Å². The number of piperidine rings is 1. The molecule has 2 heterocycles. The zero-order valence-corrected chi connectivity index (χ0v) is 10.5. The van der Waals surface area contributed by atoms with E-state index >= 15 is 0 Å². The molecule has 0 saturated carbocycles. The highest BCUT2D eigenvalue weighted by Gasteiger charge is 2.12. The molecule has 1 fully saturated rings. The van der Waals surface area contributed by atoms with Gasteiger partial charge in [-0.2, -0.15) is 0 Å². The van der Waals surface area contributed by atoms with Crippen molar-refractivity contribution < 1.29 is 0 Å². The zero-order chi connectivity index (χ0) is 9.80. The van der Waals surface area contributed by atoms with Crippen LogP contribution in [-0.4, -0.2) is 19.1 Å². The molecule has 0 aliphatic carbocycles. The summed E-state index contributed by atoms with van der Waals surface area (Å²) >= 11 is 5.36. The predicted molar refractivity (Wildman–Crippen MR) is 64.8 cm³/mol. The molecule has 2 rings (SSSR count). The minimum Gasteiger partial charge on any atom is -0.317 e. The van der Waals surface area contributed by atoms with Crippen molar-refractivity contribution in [1.82, 2.24) is 10.6 Å². The van der Waals surface area contributed by atoms with Crippen molar-refractivity contribution >= 4 is 27.3 Å². The van der Waals surface area contributed by atoms with Gasteiger partial charge in [0.2, 0.25) is 0 Å². The van der Waals surface area contributed by atoms with Crippen LogP contribution in [0.5, 0.6) is 0 Å². The fourth-order valence-electron chi connectivity index (χ4n) is 1.71. The lowest BCUT2D eigenvalue weighted by atomic mass is 10.1. The van der Waals surface area contributed by atoms with Crippen LogP contribution in [-0.2, 0) is 6.54 Å². The molecule has 2 N–H and O–H groups in total. The minimum atomic E-state index is 0.699. The van der Waals surface area contributed by atoms with Gasteiger partial charge < -0.3 is 10.6 Å². The Labute approximate surface area is 97.2 Å². The fraction of sp³-hybridized carbons (Fsp3) is 0.600. The molecule has 0 amide bonds. The van der Waals surface area contributed by atoms with Crippen LogP contribution < -0.4 is 10.6 Å². The molecule has 0 atom stereocenters. The van der Waals surface area contributed by atoms with Crippen molar-refractivity contribution in [2.45, 2.75) is 25.4 Å². The van der Waals surface area contributed by atoms with Gasteiger partial charge >= 0.3 is 0 Å². The maximum absolute atomic E-state index is 3.61.